The molecule has 2 heterocycles. The molecule has 2 aromatic rings. The Labute approximate surface area is 141 Å². The highest BCUT2D eigenvalue weighted by atomic mass is 16.6. The molecule has 0 saturated heterocycles. The molecule has 1 aliphatic rings. The third kappa shape index (κ3) is 3.38. The molecule has 0 radical (unpaired) electrons. The molecule has 0 saturated carbocycles. The zero-order chi connectivity index (χ0) is 17.2. The summed E-state index contributed by atoms with van der Waals surface area (Å²) in [5.41, 5.74) is 2.65. The van der Waals surface area contributed by atoms with E-state index in [0.29, 0.717) is 12.4 Å². The molecular formula is C18H22N4O2. The Kier molecular flexibility index (Phi) is 4.49. The normalized spacial score (nSPS) is 14.9. The summed E-state index contributed by atoms with van der Waals surface area (Å²) in [6.07, 6.45) is 2.60. The first-order chi connectivity index (χ1) is 11.5. The van der Waals surface area contributed by atoms with E-state index in [2.05, 4.69) is 53.3 Å². The largest absolute Gasteiger partial charge is 0.363 e. The standard InChI is InChI=1S/C18H22N4O2/c1-18(2,13-20-17-16(22(23)24)8-5-10-19-17)21-11-9-14-6-3-4-7-15(14)12-21/h3-8,10H,9,11-13H2,1-2H3,(H,19,20). The van der Waals surface area contributed by atoms with Crippen LogP contribution >= 0.6 is 0 Å². The number of aromatic nitrogens is 1. The van der Waals surface area contributed by atoms with E-state index < -0.39 is 4.92 Å². The Hall–Kier alpha value is -2.47. The number of anilines is 1. The van der Waals surface area contributed by atoms with Crippen molar-refractivity contribution in [3.05, 3.63) is 63.8 Å². The molecule has 1 aromatic heterocycles. The molecule has 6 nitrogen and oxygen atoms in total. The molecule has 3 rings (SSSR count). The fourth-order valence-electron chi connectivity index (χ4n) is 3.10. The van der Waals surface area contributed by atoms with Gasteiger partial charge >= 0.3 is 5.69 Å². The lowest BCUT2D eigenvalue weighted by atomic mass is 9.94. The lowest BCUT2D eigenvalue weighted by Gasteiger charge is -2.41. The Balaban J connectivity index is 1.70. The van der Waals surface area contributed by atoms with Gasteiger partial charge in [0.15, 0.2) is 0 Å². The number of benzene rings is 1. The predicted octanol–water partition coefficient (Wildman–Crippen LogP) is 3.24. The Morgan fingerprint density at radius 2 is 2.00 bits per heavy atom. The molecule has 126 valence electrons. The monoisotopic (exact) mass is 326 g/mol. The van der Waals surface area contributed by atoms with E-state index in [-0.39, 0.29) is 11.2 Å². The molecule has 0 unspecified atom stereocenters. The Bertz CT molecular complexity index is 745. The van der Waals surface area contributed by atoms with E-state index in [0.717, 1.165) is 19.5 Å². The number of hydrogen-bond acceptors (Lipinski definition) is 5. The van der Waals surface area contributed by atoms with Crippen LogP contribution in [0.3, 0.4) is 0 Å². The summed E-state index contributed by atoms with van der Waals surface area (Å²) in [4.78, 5) is 17.2. The highest BCUT2D eigenvalue weighted by Crippen LogP contribution is 2.27. The van der Waals surface area contributed by atoms with Gasteiger partial charge in [0.2, 0.25) is 5.82 Å². The Morgan fingerprint density at radius 3 is 2.75 bits per heavy atom. The van der Waals surface area contributed by atoms with Gasteiger partial charge in [0.05, 0.1) is 4.92 Å². The van der Waals surface area contributed by atoms with Gasteiger partial charge < -0.3 is 5.32 Å². The molecule has 1 aromatic carbocycles. The van der Waals surface area contributed by atoms with Crippen molar-refractivity contribution in [1.29, 1.82) is 0 Å². The first-order valence-corrected chi connectivity index (χ1v) is 8.12. The van der Waals surface area contributed by atoms with E-state index in [1.54, 1.807) is 12.3 Å². The second-order valence-corrected chi connectivity index (χ2v) is 6.73. The van der Waals surface area contributed by atoms with E-state index in [1.165, 1.54) is 17.2 Å². The maximum absolute atomic E-state index is 11.1. The van der Waals surface area contributed by atoms with Crippen molar-refractivity contribution < 1.29 is 4.92 Å². The number of pyridine rings is 1. The number of nitro groups is 1. The molecular weight excluding hydrogens is 304 g/mol. The average Bonchev–Trinajstić information content (AvgIpc) is 2.59. The molecule has 0 atom stereocenters. The summed E-state index contributed by atoms with van der Waals surface area (Å²) in [6.45, 7) is 6.78. The van der Waals surface area contributed by atoms with Gasteiger partial charge in [0.1, 0.15) is 0 Å². The first-order valence-electron chi connectivity index (χ1n) is 8.12. The van der Waals surface area contributed by atoms with Gasteiger partial charge in [-0.3, -0.25) is 15.0 Å². The van der Waals surface area contributed by atoms with Crippen LogP contribution in [0.1, 0.15) is 25.0 Å². The lowest BCUT2D eigenvalue weighted by molar-refractivity contribution is -0.384. The SMILES string of the molecule is CC(C)(CNc1ncccc1[N+](=O)[O-])N1CCc2ccccc2C1. The summed E-state index contributed by atoms with van der Waals surface area (Å²) < 4.78 is 0. The lowest BCUT2D eigenvalue weighted by Crippen LogP contribution is -2.50. The van der Waals surface area contributed by atoms with Crippen LogP contribution < -0.4 is 5.32 Å². The van der Waals surface area contributed by atoms with E-state index in [1.807, 2.05) is 0 Å². The molecule has 6 heteroatoms. The van der Waals surface area contributed by atoms with Crippen molar-refractivity contribution in [3.8, 4) is 0 Å². The van der Waals surface area contributed by atoms with Crippen molar-refractivity contribution >= 4 is 11.5 Å². The summed E-state index contributed by atoms with van der Waals surface area (Å²) >= 11 is 0. The van der Waals surface area contributed by atoms with Gasteiger partial charge in [0.25, 0.3) is 0 Å². The molecule has 0 amide bonds. The minimum Gasteiger partial charge on any atom is -0.363 e. The third-order valence-corrected chi connectivity index (χ3v) is 4.66. The van der Waals surface area contributed by atoms with Crippen LogP contribution in [0.5, 0.6) is 0 Å². The van der Waals surface area contributed by atoms with Gasteiger partial charge in [0, 0.05) is 37.4 Å². The molecule has 1 N–H and O–H groups in total. The van der Waals surface area contributed by atoms with Crippen molar-refractivity contribution in [1.82, 2.24) is 9.88 Å². The molecule has 0 bridgehead atoms. The average molecular weight is 326 g/mol. The summed E-state index contributed by atoms with van der Waals surface area (Å²) in [5, 5.41) is 14.3. The number of hydrogen-bond donors (Lipinski definition) is 1. The first kappa shape index (κ1) is 16.4. The highest BCUT2D eigenvalue weighted by molar-refractivity contribution is 5.55. The number of fused-ring (bicyclic) bond motifs is 1. The minimum atomic E-state index is -0.403. The smallest absolute Gasteiger partial charge is 0.311 e. The quantitative estimate of drug-likeness (QED) is 0.674. The third-order valence-electron chi connectivity index (χ3n) is 4.66. The van der Waals surface area contributed by atoms with Crippen LogP contribution in [0.2, 0.25) is 0 Å². The Morgan fingerprint density at radius 1 is 1.25 bits per heavy atom. The summed E-state index contributed by atoms with van der Waals surface area (Å²) in [7, 11) is 0. The van der Waals surface area contributed by atoms with Crippen molar-refractivity contribution in [2.24, 2.45) is 0 Å². The van der Waals surface area contributed by atoms with E-state index in [4.69, 9.17) is 0 Å². The zero-order valence-corrected chi connectivity index (χ0v) is 14.0. The topological polar surface area (TPSA) is 71.3 Å². The molecule has 1 aliphatic heterocycles. The fourth-order valence-corrected chi connectivity index (χ4v) is 3.10. The van der Waals surface area contributed by atoms with Gasteiger partial charge in [-0.2, -0.15) is 0 Å². The van der Waals surface area contributed by atoms with Crippen LogP contribution in [-0.4, -0.2) is 33.4 Å². The van der Waals surface area contributed by atoms with Crippen molar-refractivity contribution in [2.75, 3.05) is 18.4 Å². The van der Waals surface area contributed by atoms with Gasteiger partial charge in [-0.25, -0.2) is 4.98 Å². The van der Waals surface area contributed by atoms with Crippen LogP contribution in [0, 0.1) is 10.1 Å². The van der Waals surface area contributed by atoms with Crippen LogP contribution in [0.15, 0.2) is 42.6 Å². The minimum absolute atomic E-state index is 0.0114. The van der Waals surface area contributed by atoms with Gasteiger partial charge in [-0.1, -0.05) is 24.3 Å². The second kappa shape index (κ2) is 6.57. The second-order valence-electron chi connectivity index (χ2n) is 6.73. The molecule has 0 aliphatic carbocycles. The van der Waals surface area contributed by atoms with Crippen LogP contribution in [0.4, 0.5) is 11.5 Å². The van der Waals surface area contributed by atoms with E-state index in [9.17, 15) is 10.1 Å². The van der Waals surface area contributed by atoms with Crippen LogP contribution in [0.25, 0.3) is 0 Å². The van der Waals surface area contributed by atoms with Gasteiger partial charge in [-0.15, -0.1) is 0 Å². The fraction of sp³-hybridized carbons (Fsp3) is 0.389. The maximum atomic E-state index is 11.1. The predicted molar refractivity (Wildman–Crippen MR) is 94.0 cm³/mol. The highest BCUT2D eigenvalue weighted by Gasteiger charge is 2.30. The number of rotatable bonds is 5. The summed E-state index contributed by atoms with van der Waals surface area (Å²) in [6, 6.07) is 11.6. The maximum Gasteiger partial charge on any atom is 0.311 e. The molecule has 0 fully saturated rings. The van der Waals surface area contributed by atoms with Crippen molar-refractivity contribution in [2.45, 2.75) is 32.4 Å². The van der Waals surface area contributed by atoms with Crippen LogP contribution in [-0.2, 0) is 13.0 Å². The number of nitrogens with one attached hydrogen (secondary N) is 1. The van der Waals surface area contributed by atoms with Gasteiger partial charge in [-0.05, 0) is 37.5 Å². The number of nitrogens with zero attached hydrogens (tertiary/aromatic N) is 3. The van der Waals surface area contributed by atoms with E-state index >= 15 is 0 Å². The molecule has 0 spiro atoms. The summed E-state index contributed by atoms with van der Waals surface area (Å²) in [5.74, 6) is 0.327. The van der Waals surface area contributed by atoms with Crippen molar-refractivity contribution in [3.63, 3.8) is 0 Å². The molecule has 24 heavy (non-hydrogen) atoms. The zero-order valence-electron chi connectivity index (χ0n) is 14.0.